The molecule has 5 heteroatoms. The van der Waals surface area contributed by atoms with E-state index in [1.54, 1.807) is 0 Å². The Morgan fingerprint density at radius 3 is 2.89 bits per heavy atom. The van der Waals surface area contributed by atoms with Crippen molar-refractivity contribution in [2.75, 3.05) is 5.32 Å². The van der Waals surface area contributed by atoms with Crippen molar-refractivity contribution < 1.29 is 4.39 Å². The molecule has 1 aliphatic rings. The van der Waals surface area contributed by atoms with Crippen molar-refractivity contribution in [2.45, 2.75) is 45.2 Å². The SMILES string of the molecule is Cc1cc(NCc2ccc(F)s2)nn1C1CCCC1. The quantitative estimate of drug-likeness (QED) is 0.912. The van der Waals surface area contributed by atoms with Crippen LogP contribution in [-0.2, 0) is 6.54 Å². The van der Waals surface area contributed by atoms with Crippen molar-refractivity contribution in [3.63, 3.8) is 0 Å². The lowest BCUT2D eigenvalue weighted by Gasteiger charge is -2.11. The summed E-state index contributed by atoms with van der Waals surface area (Å²) in [6.07, 6.45) is 5.08. The molecule has 0 amide bonds. The first kappa shape index (κ1) is 12.7. The molecule has 102 valence electrons. The van der Waals surface area contributed by atoms with E-state index in [2.05, 4.69) is 28.1 Å². The first-order chi connectivity index (χ1) is 9.22. The molecule has 1 aliphatic carbocycles. The Balaban J connectivity index is 1.66. The summed E-state index contributed by atoms with van der Waals surface area (Å²) in [5.41, 5.74) is 1.20. The number of rotatable bonds is 4. The van der Waals surface area contributed by atoms with Crippen LogP contribution in [-0.4, -0.2) is 9.78 Å². The molecule has 3 nitrogen and oxygen atoms in total. The van der Waals surface area contributed by atoms with Crippen LogP contribution in [0.3, 0.4) is 0 Å². The Morgan fingerprint density at radius 2 is 2.21 bits per heavy atom. The third-order valence-electron chi connectivity index (χ3n) is 3.67. The molecule has 0 aliphatic heterocycles. The van der Waals surface area contributed by atoms with Gasteiger partial charge in [0, 0.05) is 16.6 Å². The maximum Gasteiger partial charge on any atom is 0.176 e. The lowest BCUT2D eigenvalue weighted by atomic mass is 10.2. The van der Waals surface area contributed by atoms with Crippen molar-refractivity contribution in [1.82, 2.24) is 9.78 Å². The zero-order chi connectivity index (χ0) is 13.2. The van der Waals surface area contributed by atoms with Gasteiger partial charge in [-0.25, -0.2) is 0 Å². The predicted molar refractivity (Wildman–Crippen MR) is 76.1 cm³/mol. The lowest BCUT2D eigenvalue weighted by Crippen LogP contribution is -2.08. The molecular weight excluding hydrogens is 261 g/mol. The van der Waals surface area contributed by atoms with Gasteiger partial charge < -0.3 is 5.32 Å². The number of thiophene rings is 1. The fourth-order valence-corrected chi connectivity index (χ4v) is 3.38. The monoisotopic (exact) mass is 279 g/mol. The molecule has 0 aromatic carbocycles. The van der Waals surface area contributed by atoms with Gasteiger partial charge in [-0.15, -0.1) is 11.3 Å². The van der Waals surface area contributed by atoms with Crippen LogP contribution in [0.4, 0.5) is 10.2 Å². The lowest BCUT2D eigenvalue weighted by molar-refractivity contribution is 0.458. The molecular formula is C14H18FN3S. The first-order valence-electron chi connectivity index (χ1n) is 6.76. The summed E-state index contributed by atoms with van der Waals surface area (Å²) in [5, 5.41) is 7.77. The van der Waals surface area contributed by atoms with Crippen molar-refractivity contribution in [3.05, 3.63) is 33.9 Å². The summed E-state index contributed by atoms with van der Waals surface area (Å²) in [4.78, 5) is 0.991. The summed E-state index contributed by atoms with van der Waals surface area (Å²) in [7, 11) is 0. The molecule has 3 rings (SSSR count). The second-order valence-corrected chi connectivity index (χ2v) is 6.23. The summed E-state index contributed by atoms with van der Waals surface area (Å²) < 4.78 is 15.0. The zero-order valence-electron chi connectivity index (χ0n) is 11.0. The van der Waals surface area contributed by atoms with Gasteiger partial charge in [0.2, 0.25) is 0 Å². The van der Waals surface area contributed by atoms with Crippen LogP contribution < -0.4 is 5.32 Å². The molecule has 0 bridgehead atoms. The van der Waals surface area contributed by atoms with Gasteiger partial charge in [0.1, 0.15) is 5.82 Å². The second kappa shape index (κ2) is 5.33. The van der Waals surface area contributed by atoms with Crippen LogP contribution >= 0.6 is 11.3 Å². The molecule has 2 heterocycles. The summed E-state index contributed by atoms with van der Waals surface area (Å²) >= 11 is 1.18. The van der Waals surface area contributed by atoms with Crippen molar-refractivity contribution in [3.8, 4) is 0 Å². The number of aryl methyl sites for hydroxylation is 1. The first-order valence-corrected chi connectivity index (χ1v) is 7.58. The molecule has 1 fully saturated rings. The van der Waals surface area contributed by atoms with Crippen LogP contribution in [0.2, 0.25) is 0 Å². The Kier molecular flexibility index (Phi) is 3.55. The molecule has 0 spiro atoms. The third-order valence-corrected chi connectivity index (χ3v) is 4.54. The summed E-state index contributed by atoms with van der Waals surface area (Å²) in [6.45, 7) is 2.73. The molecule has 2 aromatic rings. The number of nitrogens with one attached hydrogen (secondary N) is 1. The average molecular weight is 279 g/mol. The Hall–Kier alpha value is -1.36. The maximum atomic E-state index is 12.9. The number of hydrogen-bond donors (Lipinski definition) is 1. The Bertz CT molecular complexity index is 555. The van der Waals surface area contributed by atoms with Gasteiger partial charge >= 0.3 is 0 Å². The second-order valence-electron chi connectivity index (χ2n) is 5.11. The molecule has 1 N–H and O–H groups in total. The van der Waals surface area contributed by atoms with Crippen LogP contribution in [0.1, 0.15) is 42.3 Å². The van der Waals surface area contributed by atoms with Crippen LogP contribution in [0.15, 0.2) is 18.2 Å². The molecule has 1 saturated carbocycles. The number of anilines is 1. The smallest absolute Gasteiger partial charge is 0.176 e. The van der Waals surface area contributed by atoms with E-state index in [4.69, 9.17) is 0 Å². The minimum Gasteiger partial charge on any atom is -0.364 e. The fraction of sp³-hybridized carbons (Fsp3) is 0.500. The summed E-state index contributed by atoms with van der Waals surface area (Å²) in [5.74, 6) is 0.887. The third kappa shape index (κ3) is 2.81. The number of aromatic nitrogens is 2. The zero-order valence-corrected chi connectivity index (χ0v) is 11.8. The van der Waals surface area contributed by atoms with Gasteiger partial charge in [-0.1, -0.05) is 12.8 Å². The van der Waals surface area contributed by atoms with Gasteiger partial charge in [0.15, 0.2) is 5.13 Å². The van der Waals surface area contributed by atoms with E-state index >= 15 is 0 Å². The van der Waals surface area contributed by atoms with E-state index in [-0.39, 0.29) is 5.13 Å². The van der Waals surface area contributed by atoms with Crippen molar-refractivity contribution in [2.24, 2.45) is 0 Å². The van der Waals surface area contributed by atoms with E-state index in [9.17, 15) is 4.39 Å². The number of halogens is 1. The molecule has 0 atom stereocenters. The van der Waals surface area contributed by atoms with Gasteiger partial charge in [0.25, 0.3) is 0 Å². The van der Waals surface area contributed by atoms with Crippen molar-refractivity contribution >= 4 is 17.2 Å². The molecule has 2 aromatic heterocycles. The van der Waals surface area contributed by atoms with E-state index in [0.717, 1.165) is 10.7 Å². The highest BCUT2D eigenvalue weighted by Gasteiger charge is 2.19. The van der Waals surface area contributed by atoms with E-state index < -0.39 is 0 Å². The van der Waals surface area contributed by atoms with E-state index in [1.165, 1.54) is 48.8 Å². The normalized spacial score (nSPS) is 16.1. The highest BCUT2D eigenvalue weighted by molar-refractivity contribution is 7.10. The van der Waals surface area contributed by atoms with Gasteiger partial charge in [-0.2, -0.15) is 9.49 Å². The van der Waals surface area contributed by atoms with Crippen LogP contribution in [0, 0.1) is 12.1 Å². The standard InChI is InChI=1S/C14H18FN3S/c1-10-8-14(16-9-12-6-7-13(15)19-12)17-18(10)11-4-2-3-5-11/h6-8,11H,2-5,9H2,1H3,(H,16,17). The highest BCUT2D eigenvalue weighted by Crippen LogP contribution is 2.30. The van der Waals surface area contributed by atoms with E-state index in [0.29, 0.717) is 12.6 Å². The minimum absolute atomic E-state index is 0.135. The predicted octanol–water partition coefficient (Wildman–Crippen LogP) is 4.12. The molecule has 0 saturated heterocycles. The minimum atomic E-state index is -0.135. The number of hydrogen-bond acceptors (Lipinski definition) is 3. The topological polar surface area (TPSA) is 29.9 Å². The van der Waals surface area contributed by atoms with Crippen molar-refractivity contribution in [1.29, 1.82) is 0 Å². The molecule has 0 radical (unpaired) electrons. The van der Waals surface area contributed by atoms with E-state index in [1.807, 2.05) is 6.07 Å². The van der Waals surface area contributed by atoms with Gasteiger partial charge in [-0.05, 0) is 31.9 Å². The maximum absolute atomic E-state index is 12.9. The highest BCUT2D eigenvalue weighted by atomic mass is 32.1. The Labute approximate surface area is 116 Å². The average Bonchev–Trinajstić information content (AvgIpc) is 3.07. The largest absolute Gasteiger partial charge is 0.364 e. The fourth-order valence-electron chi connectivity index (χ4n) is 2.72. The number of nitrogens with zero attached hydrogens (tertiary/aromatic N) is 2. The molecule has 19 heavy (non-hydrogen) atoms. The Morgan fingerprint density at radius 1 is 1.42 bits per heavy atom. The van der Waals surface area contributed by atoms with Crippen LogP contribution in [0.25, 0.3) is 0 Å². The van der Waals surface area contributed by atoms with Crippen LogP contribution in [0.5, 0.6) is 0 Å². The van der Waals surface area contributed by atoms with Gasteiger partial charge in [0.05, 0.1) is 12.6 Å². The summed E-state index contributed by atoms with van der Waals surface area (Å²) in [6, 6.07) is 5.95. The molecule has 0 unspecified atom stereocenters. The van der Waals surface area contributed by atoms with Gasteiger partial charge in [-0.3, -0.25) is 4.68 Å².